The van der Waals surface area contributed by atoms with Crippen molar-refractivity contribution in [1.82, 2.24) is 9.88 Å². The van der Waals surface area contributed by atoms with Crippen molar-refractivity contribution in [3.05, 3.63) is 46.5 Å². The second-order valence-electron chi connectivity index (χ2n) is 5.41. The lowest BCUT2D eigenvalue weighted by atomic mass is 10.1. The number of halogens is 5. The van der Waals surface area contributed by atoms with Crippen LogP contribution in [0.3, 0.4) is 0 Å². The number of carbonyl (C=O) groups is 1. The van der Waals surface area contributed by atoms with Gasteiger partial charge in [-0.3, -0.25) is 4.79 Å². The van der Waals surface area contributed by atoms with Crippen LogP contribution in [-0.4, -0.2) is 42.0 Å². The van der Waals surface area contributed by atoms with E-state index in [-0.39, 0.29) is 23.8 Å². The standard InChI is InChI=1S/C15H12F5N3OS/c16-10-2-1-9(7-11(10)17)13(24)22-3-5-23(6-4-22)14-21-8-12(25-14)15(18,19)20/h1-2,7-8H,3-6H2. The van der Waals surface area contributed by atoms with Gasteiger partial charge in [-0.2, -0.15) is 13.2 Å². The SMILES string of the molecule is O=C(c1ccc(F)c(F)c1)N1CCN(c2ncc(C(F)(F)F)s2)CC1. The number of rotatable bonds is 2. The van der Waals surface area contributed by atoms with Crippen molar-refractivity contribution < 1.29 is 26.7 Å². The Balaban J connectivity index is 1.64. The van der Waals surface area contributed by atoms with E-state index in [0.29, 0.717) is 24.4 Å². The van der Waals surface area contributed by atoms with Gasteiger partial charge in [-0.25, -0.2) is 13.8 Å². The molecular weight excluding hydrogens is 365 g/mol. The number of anilines is 1. The molecule has 1 fully saturated rings. The molecule has 10 heteroatoms. The van der Waals surface area contributed by atoms with Crippen molar-refractivity contribution in [2.24, 2.45) is 0 Å². The second kappa shape index (κ2) is 6.58. The van der Waals surface area contributed by atoms with Crippen LogP contribution in [0.25, 0.3) is 0 Å². The van der Waals surface area contributed by atoms with Crippen LogP contribution in [0.5, 0.6) is 0 Å². The fraction of sp³-hybridized carbons (Fsp3) is 0.333. The minimum atomic E-state index is -4.43. The van der Waals surface area contributed by atoms with Crippen molar-refractivity contribution in [2.75, 3.05) is 31.1 Å². The Hall–Kier alpha value is -2.23. The van der Waals surface area contributed by atoms with Crippen LogP contribution in [0.2, 0.25) is 0 Å². The summed E-state index contributed by atoms with van der Waals surface area (Å²) in [5, 5.41) is 0.243. The Morgan fingerprint density at radius 3 is 2.32 bits per heavy atom. The normalized spacial score (nSPS) is 15.6. The molecule has 0 unspecified atom stereocenters. The monoisotopic (exact) mass is 377 g/mol. The molecule has 1 aromatic carbocycles. The average Bonchev–Trinajstić information content (AvgIpc) is 3.07. The predicted octanol–water partition coefficient (Wildman–Crippen LogP) is 3.40. The van der Waals surface area contributed by atoms with Gasteiger partial charge in [-0.05, 0) is 18.2 Å². The Morgan fingerprint density at radius 1 is 1.08 bits per heavy atom. The Morgan fingerprint density at radius 2 is 1.76 bits per heavy atom. The number of carbonyl (C=O) groups excluding carboxylic acids is 1. The number of alkyl halides is 3. The summed E-state index contributed by atoms with van der Waals surface area (Å²) in [6.07, 6.45) is -3.64. The van der Waals surface area contributed by atoms with Gasteiger partial charge in [0.1, 0.15) is 4.88 Å². The number of amides is 1. The van der Waals surface area contributed by atoms with E-state index < -0.39 is 28.6 Å². The summed E-state index contributed by atoms with van der Waals surface area (Å²) < 4.78 is 64.1. The van der Waals surface area contributed by atoms with E-state index in [2.05, 4.69) is 4.98 Å². The van der Waals surface area contributed by atoms with Crippen molar-refractivity contribution in [3.8, 4) is 0 Å². The summed E-state index contributed by atoms with van der Waals surface area (Å²) in [5.41, 5.74) is 0.0287. The van der Waals surface area contributed by atoms with E-state index in [1.165, 1.54) is 11.0 Å². The highest BCUT2D eigenvalue weighted by Gasteiger charge is 2.34. The van der Waals surface area contributed by atoms with Gasteiger partial charge < -0.3 is 9.80 Å². The molecule has 4 nitrogen and oxygen atoms in total. The van der Waals surface area contributed by atoms with Gasteiger partial charge in [0, 0.05) is 31.7 Å². The first-order valence-corrected chi connectivity index (χ1v) is 8.09. The Kier molecular flexibility index (Phi) is 4.63. The highest BCUT2D eigenvalue weighted by atomic mass is 32.1. The summed E-state index contributed by atoms with van der Waals surface area (Å²) in [7, 11) is 0. The molecule has 0 atom stereocenters. The van der Waals surface area contributed by atoms with Crippen molar-refractivity contribution >= 4 is 22.4 Å². The van der Waals surface area contributed by atoms with E-state index in [4.69, 9.17) is 0 Å². The number of hydrogen-bond donors (Lipinski definition) is 0. The molecular formula is C15H12F5N3OS. The number of nitrogens with zero attached hydrogens (tertiary/aromatic N) is 3. The summed E-state index contributed by atoms with van der Waals surface area (Å²) in [4.78, 5) is 18.4. The molecule has 134 valence electrons. The van der Waals surface area contributed by atoms with E-state index >= 15 is 0 Å². The van der Waals surface area contributed by atoms with Crippen molar-refractivity contribution in [2.45, 2.75) is 6.18 Å². The van der Waals surface area contributed by atoms with Gasteiger partial charge in [0.25, 0.3) is 5.91 Å². The lowest BCUT2D eigenvalue weighted by molar-refractivity contribution is -0.134. The maximum atomic E-state index is 13.2. The van der Waals surface area contributed by atoms with E-state index in [0.717, 1.165) is 18.3 Å². The molecule has 0 N–H and O–H groups in total. The highest BCUT2D eigenvalue weighted by molar-refractivity contribution is 7.15. The molecule has 0 spiro atoms. The fourth-order valence-electron chi connectivity index (χ4n) is 2.45. The zero-order valence-electron chi connectivity index (χ0n) is 12.7. The molecule has 0 aliphatic carbocycles. The number of piperazine rings is 1. The molecule has 2 aromatic rings. The molecule has 0 bridgehead atoms. The summed E-state index contributed by atoms with van der Waals surface area (Å²) in [6.45, 7) is 1.11. The lowest BCUT2D eigenvalue weighted by Crippen LogP contribution is -2.48. The van der Waals surface area contributed by atoms with E-state index in [1.54, 1.807) is 4.90 Å². The van der Waals surface area contributed by atoms with Gasteiger partial charge in [-0.1, -0.05) is 11.3 Å². The average molecular weight is 377 g/mol. The first-order chi connectivity index (χ1) is 11.8. The number of thiazole rings is 1. The third kappa shape index (κ3) is 3.73. The third-order valence-electron chi connectivity index (χ3n) is 3.78. The molecule has 1 amide bonds. The van der Waals surface area contributed by atoms with Crippen LogP contribution in [0, 0.1) is 11.6 Å². The predicted molar refractivity (Wildman–Crippen MR) is 81.6 cm³/mol. The molecule has 1 saturated heterocycles. The molecule has 3 rings (SSSR count). The molecule has 1 aromatic heterocycles. The summed E-state index contributed by atoms with van der Waals surface area (Å²) in [6, 6.07) is 2.91. The van der Waals surface area contributed by atoms with E-state index in [1.807, 2.05) is 0 Å². The van der Waals surface area contributed by atoms with Gasteiger partial charge in [0.05, 0.1) is 6.20 Å². The zero-order valence-corrected chi connectivity index (χ0v) is 13.5. The first kappa shape index (κ1) is 17.6. The molecule has 0 saturated carbocycles. The minimum Gasteiger partial charge on any atom is -0.345 e. The number of aromatic nitrogens is 1. The molecule has 1 aliphatic heterocycles. The van der Waals surface area contributed by atoms with Crippen LogP contribution >= 0.6 is 11.3 Å². The maximum absolute atomic E-state index is 13.2. The molecule has 2 heterocycles. The van der Waals surface area contributed by atoms with Crippen LogP contribution in [0.15, 0.2) is 24.4 Å². The van der Waals surface area contributed by atoms with Gasteiger partial charge in [-0.15, -0.1) is 0 Å². The van der Waals surface area contributed by atoms with Crippen LogP contribution in [-0.2, 0) is 6.18 Å². The van der Waals surface area contributed by atoms with Crippen LogP contribution in [0.1, 0.15) is 15.2 Å². The van der Waals surface area contributed by atoms with E-state index in [9.17, 15) is 26.7 Å². The molecule has 1 aliphatic rings. The Bertz CT molecular complexity index is 784. The number of hydrogen-bond acceptors (Lipinski definition) is 4. The Labute approximate surface area is 143 Å². The van der Waals surface area contributed by atoms with Crippen molar-refractivity contribution in [3.63, 3.8) is 0 Å². The smallest absolute Gasteiger partial charge is 0.345 e. The third-order valence-corrected chi connectivity index (χ3v) is 4.88. The first-order valence-electron chi connectivity index (χ1n) is 7.28. The molecule has 25 heavy (non-hydrogen) atoms. The van der Waals surface area contributed by atoms with Crippen LogP contribution < -0.4 is 4.90 Å². The summed E-state index contributed by atoms with van der Waals surface area (Å²) in [5.74, 6) is -2.59. The lowest BCUT2D eigenvalue weighted by Gasteiger charge is -2.34. The maximum Gasteiger partial charge on any atom is 0.427 e. The van der Waals surface area contributed by atoms with Gasteiger partial charge in [0.15, 0.2) is 16.8 Å². The van der Waals surface area contributed by atoms with Crippen LogP contribution in [0.4, 0.5) is 27.1 Å². The van der Waals surface area contributed by atoms with Gasteiger partial charge >= 0.3 is 6.18 Å². The largest absolute Gasteiger partial charge is 0.427 e. The topological polar surface area (TPSA) is 36.4 Å². The fourth-order valence-corrected chi connectivity index (χ4v) is 3.29. The highest BCUT2D eigenvalue weighted by Crippen LogP contribution is 2.36. The van der Waals surface area contributed by atoms with Gasteiger partial charge in [0.2, 0.25) is 0 Å². The van der Waals surface area contributed by atoms with Crippen molar-refractivity contribution in [1.29, 1.82) is 0 Å². The quantitative estimate of drug-likeness (QED) is 0.753. The zero-order chi connectivity index (χ0) is 18.2. The minimum absolute atomic E-state index is 0.0287. The molecule has 0 radical (unpaired) electrons. The second-order valence-corrected chi connectivity index (χ2v) is 6.42. The summed E-state index contributed by atoms with van der Waals surface area (Å²) >= 11 is 0.551. The number of benzene rings is 1.